The number of anilines is 1. The smallest absolute Gasteiger partial charge is 0.267 e. The van der Waals surface area contributed by atoms with Crippen molar-refractivity contribution in [2.45, 2.75) is 25.7 Å². The molecule has 4 heteroatoms. The molecule has 1 saturated carbocycles. The van der Waals surface area contributed by atoms with Crippen molar-refractivity contribution in [2.75, 3.05) is 5.73 Å². The fourth-order valence-electron chi connectivity index (χ4n) is 2.98. The van der Waals surface area contributed by atoms with Crippen molar-refractivity contribution in [3.05, 3.63) is 69.1 Å². The van der Waals surface area contributed by atoms with Gasteiger partial charge in [-0.05, 0) is 48.6 Å². The Balaban J connectivity index is 2.07. The Labute approximate surface area is 134 Å². The summed E-state index contributed by atoms with van der Waals surface area (Å²) in [4.78, 5) is 14.7. The molecule has 0 spiro atoms. The first kappa shape index (κ1) is 14.9. The summed E-state index contributed by atoms with van der Waals surface area (Å²) in [6.45, 7) is 0. The van der Waals surface area contributed by atoms with Gasteiger partial charge in [0.1, 0.15) is 5.02 Å². The van der Waals surface area contributed by atoms with Crippen LogP contribution in [-0.2, 0) is 0 Å². The number of benzene rings is 1. The van der Waals surface area contributed by atoms with Crippen molar-refractivity contribution in [3.63, 3.8) is 0 Å². The van der Waals surface area contributed by atoms with E-state index in [1.54, 1.807) is 6.07 Å². The van der Waals surface area contributed by atoms with Gasteiger partial charge in [-0.2, -0.15) is 0 Å². The summed E-state index contributed by atoms with van der Waals surface area (Å²) in [5, 5.41) is 0.210. The fraction of sp³-hybridized carbons (Fsp3) is 0.278. The molecule has 3 N–H and O–H groups in total. The molecule has 1 aliphatic carbocycles. The van der Waals surface area contributed by atoms with Gasteiger partial charge in [0.15, 0.2) is 0 Å². The molecule has 1 aromatic heterocycles. The van der Waals surface area contributed by atoms with Gasteiger partial charge in [-0.15, -0.1) is 0 Å². The minimum atomic E-state index is -0.257. The third-order valence-electron chi connectivity index (χ3n) is 4.18. The number of halogens is 1. The van der Waals surface area contributed by atoms with E-state index in [0.29, 0.717) is 5.92 Å². The number of rotatable bonds is 3. The van der Waals surface area contributed by atoms with Crippen LogP contribution in [0.3, 0.4) is 0 Å². The molecule has 114 valence electrons. The van der Waals surface area contributed by atoms with Crippen LogP contribution in [0.1, 0.15) is 36.9 Å². The SMILES string of the molecule is Nc1ccc(C(=CC2CCCC2)c2ccc(Cl)c(=O)[nH]2)cc1. The number of hydrogen-bond donors (Lipinski definition) is 2. The second-order valence-electron chi connectivity index (χ2n) is 5.80. The van der Waals surface area contributed by atoms with Gasteiger partial charge in [-0.25, -0.2) is 0 Å². The number of nitrogens with two attached hydrogens (primary N) is 1. The molecule has 0 saturated heterocycles. The highest BCUT2D eigenvalue weighted by Gasteiger charge is 2.16. The zero-order valence-electron chi connectivity index (χ0n) is 12.3. The number of nitrogen functional groups attached to an aromatic ring is 1. The molecule has 0 bridgehead atoms. The maximum absolute atomic E-state index is 11.8. The first-order chi connectivity index (χ1) is 10.6. The van der Waals surface area contributed by atoms with Gasteiger partial charge in [0.05, 0.1) is 0 Å². The zero-order valence-corrected chi connectivity index (χ0v) is 13.1. The summed E-state index contributed by atoms with van der Waals surface area (Å²) in [6.07, 6.45) is 7.23. The number of aromatic amines is 1. The highest BCUT2D eigenvalue weighted by atomic mass is 35.5. The number of H-pyrrole nitrogens is 1. The van der Waals surface area contributed by atoms with Crippen molar-refractivity contribution < 1.29 is 0 Å². The molecular weight excluding hydrogens is 296 g/mol. The van der Waals surface area contributed by atoms with Crippen LogP contribution >= 0.6 is 11.6 Å². The van der Waals surface area contributed by atoms with E-state index in [1.165, 1.54) is 25.7 Å². The lowest BCUT2D eigenvalue weighted by atomic mass is 9.96. The third kappa shape index (κ3) is 3.25. The predicted molar refractivity (Wildman–Crippen MR) is 92.0 cm³/mol. The quantitative estimate of drug-likeness (QED) is 0.833. The number of aromatic nitrogens is 1. The van der Waals surface area contributed by atoms with E-state index in [1.807, 2.05) is 30.3 Å². The Kier molecular flexibility index (Phi) is 4.34. The molecule has 1 fully saturated rings. The summed E-state index contributed by atoms with van der Waals surface area (Å²) in [7, 11) is 0. The van der Waals surface area contributed by atoms with E-state index in [4.69, 9.17) is 17.3 Å². The molecule has 1 heterocycles. The van der Waals surface area contributed by atoms with Gasteiger partial charge in [0, 0.05) is 17.0 Å². The van der Waals surface area contributed by atoms with E-state index < -0.39 is 0 Å². The first-order valence-corrected chi connectivity index (χ1v) is 7.98. The average Bonchev–Trinajstić information content (AvgIpc) is 3.02. The van der Waals surface area contributed by atoms with Crippen molar-refractivity contribution in [3.8, 4) is 0 Å². The van der Waals surface area contributed by atoms with E-state index in [0.717, 1.165) is 22.5 Å². The number of nitrogens with one attached hydrogen (secondary N) is 1. The van der Waals surface area contributed by atoms with Crippen LogP contribution in [0, 0.1) is 5.92 Å². The Morgan fingerprint density at radius 3 is 2.45 bits per heavy atom. The van der Waals surface area contributed by atoms with E-state index in [2.05, 4.69) is 11.1 Å². The molecule has 1 aromatic carbocycles. The summed E-state index contributed by atoms with van der Waals surface area (Å²) in [5.74, 6) is 0.562. The monoisotopic (exact) mass is 314 g/mol. The number of pyridine rings is 1. The second kappa shape index (κ2) is 6.41. The highest BCUT2D eigenvalue weighted by molar-refractivity contribution is 6.30. The van der Waals surface area contributed by atoms with Crippen LogP contribution in [0.25, 0.3) is 5.57 Å². The summed E-state index contributed by atoms with van der Waals surface area (Å²) in [5.41, 5.74) is 9.15. The molecule has 3 rings (SSSR count). The van der Waals surface area contributed by atoms with Crippen LogP contribution in [0.4, 0.5) is 5.69 Å². The standard InChI is InChI=1S/C18H19ClN2O/c19-16-9-10-17(21-18(16)22)15(11-12-3-1-2-4-12)13-5-7-14(20)8-6-13/h5-12H,1-4,20H2,(H,21,22). The molecule has 0 atom stereocenters. The van der Waals surface area contributed by atoms with Crippen LogP contribution in [-0.4, -0.2) is 4.98 Å². The van der Waals surface area contributed by atoms with Gasteiger partial charge in [0.2, 0.25) is 0 Å². The normalized spacial score (nSPS) is 16.1. The number of hydrogen-bond acceptors (Lipinski definition) is 2. The molecule has 22 heavy (non-hydrogen) atoms. The minimum absolute atomic E-state index is 0.210. The Morgan fingerprint density at radius 2 is 1.82 bits per heavy atom. The highest BCUT2D eigenvalue weighted by Crippen LogP contribution is 2.31. The Hall–Kier alpha value is -2.00. The van der Waals surface area contributed by atoms with Crippen molar-refractivity contribution in [1.29, 1.82) is 0 Å². The maximum Gasteiger partial charge on any atom is 0.267 e. The van der Waals surface area contributed by atoms with Gasteiger partial charge in [-0.1, -0.05) is 42.7 Å². The van der Waals surface area contributed by atoms with Gasteiger partial charge < -0.3 is 10.7 Å². The lowest BCUT2D eigenvalue weighted by molar-refractivity contribution is 0.687. The molecule has 2 aromatic rings. The van der Waals surface area contributed by atoms with Crippen molar-refractivity contribution in [1.82, 2.24) is 4.98 Å². The molecule has 1 aliphatic rings. The van der Waals surface area contributed by atoms with Crippen LogP contribution in [0.2, 0.25) is 5.02 Å². The first-order valence-electron chi connectivity index (χ1n) is 7.60. The minimum Gasteiger partial charge on any atom is -0.399 e. The number of allylic oxidation sites excluding steroid dienone is 1. The van der Waals surface area contributed by atoms with Crippen LogP contribution < -0.4 is 11.3 Å². The Bertz CT molecular complexity index is 740. The summed E-state index contributed by atoms with van der Waals surface area (Å²) < 4.78 is 0. The topological polar surface area (TPSA) is 58.9 Å². The fourth-order valence-corrected chi connectivity index (χ4v) is 3.09. The molecule has 0 aliphatic heterocycles. The van der Waals surface area contributed by atoms with Gasteiger partial charge >= 0.3 is 0 Å². The zero-order chi connectivity index (χ0) is 15.5. The van der Waals surface area contributed by atoms with E-state index in [-0.39, 0.29) is 10.6 Å². The van der Waals surface area contributed by atoms with Crippen molar-refractivity contribution in [2.24, 2.45) is 5.92 Å². The molecular formula is C18H19ClN2O. The van der Waals surface area contributed by atoms with Gasteiger partial charge in [-0.3, -0.25) is 4.79 Å². The van der Waals surface area contributed by atoms with Gasteiger partial charge in [0.25, 0.3) is 5.56 Å². The third-order valence-corrected chi connectivity index (χ3v) is 4.47. The molecule has 3 nitrogen and oxygen atoms in total. The average molecular weight is 315 g/mol. The summed E-state index contributed by atoms with van der Waals surface area (Å²) in [6, 6.07) is 11.3. The predicted octanol–water partition coefficient (Wildman–Crippen LogP) is 4.23. The Morgan fingerprint density at radius 1 is 1.14 bits per heavy atom. The molecule has 0 amide bonds. The maximum atomic E-state index is 11.8. The lowest BCUT2D eigenvalue weighted by Crippen LogP contribution is -2.09. The largest absolute Gasteiger partial charge is 0.399 e. The van der Waals surface area contributed by atoms with Crippen molar-refractivity contribution >= 4 is 22.9 Å². The van der Waals surface area contributed by atoms with Crippen LogP contribution in [0.15, 0.2) is 47.3 Å². The van der Waals surface area contributed by atoms with E-state index >= 15 is 0 Å². The second-order valence-corrected chi connectivity index (χ2v) is 6.20. The van der Waals surface area contributed by atoms with E-state index in [9.17, 15) is 4.79 Å². The van der Waals surface area contributed by atoms with Crippen LogP contribution in [0.5, 0.6) is 0 Å². The molecule has 0 radical (unpaired) electrons. The molecule has 0 unspecified atom stereocenters. The lowest BCUT2D eigenvalue weighted by Gasteiger charge is -2.12. The summed E-state index contributed by atoms with van der Waals surface area (Å²) >= 11 is 5.84.